The summed E-state index contributed by atoms with van der Waals surface area (Å²) in [4.78, 5) is 4.59. The Balaban J connectivity index is 2.91. The summed E-state index contributed by atoms with van der Waals surface area (Å²) in [6, 6.07) is 0. The summed E-state index contributed by atoms with van der Waals surface area (Å²) in [5.41, 5.74) is 2.41. The zero-order valence-electron chi connectivity index (χ0n) is 9.37. The van der Waals surface area contributed by atoms with Gasteiger partial charge in [0.2, 0.25) is 0 Å². The summed E-state index contributed by atoms with van der Waals surface area (Å²) in [6.45, 7) is 7.00. The third-order valence-electron chi connectivity index (χ3n) is 2.10. The maximum absolute atomic E-state index is 5.02. The van der Waals surface area contributed by atoms with Crippen molar-refractivity contribution in [3.63, 3.8) is 0 Å². The van der Waals surface area contributed by atoms with Gasteiger partial charge < -0.3 is 4.84 Å². The van der Waals surface area contributed by atoms with E-state index in [-0.39, 0.29) is 5.41 Å². The SMILES string of the molecule is Cn1cc(CCON)c(C(C)(C)C)n1. The summed E-state index contributed by atoms with van der Waals surface area (Å²) in [6.07, 6.45) is 2.84. The second kappa shape index (κ2) is 4.11. The van der Waals surface area contributed by atoms with Crippen LogP contribution in [0.2, 0.25) is 0 Å². The van der Waals surface area contributed by atoms with Crippen LogP contribution in [0.15, 0.2) is 6.20 Å². The minimum Gasteiger partial charge on any atom is -0.304 e. The molecule has 80 valence electrons. The van der Waals surface area contributed by atoms with E-state index in [4.69, 9.17) is 5.90 Å². The normalized spacial score (nSPS) is 12.1. The van der Waals surface area contributed by atoms with E-state index in [9.17, 15) is 0 Å². The first-order valence-electron chi connectivity index (χ1n) is 4.80. The van der Waals surface area contributed by atoms with Gasteiger partial charge in [0.15, 0.2) is 0 Å². The predicted molar refractivity (Wildman–Crippen MR) is 55.8 cm³/mol. The van der Waals surface area contributed by atoms with Gasteiger partial charge in [0.05, 0.1) is 12.3 Å². The lowest BCUT2D eigenvalue weighted by Crippen LogP contribution is -2.16. The van der Waals surface area contributed by atoms with Gasteiger partial charge in [-0.05, 0) is 5.56 Å². The largest absolute Gasteiger partial charge is 0.304 e. The van der Waals surface area contributed by atoms with Crippen LogP contribution in [0.1, 0.15) is 32.0 Å². The van der Waals surface area contributed by atoms with Crippen molar-refractivity contribution in [1.82, 2.24) is 9.78 Å². The van der Waals surface area contributed by atoms with Crippen LogP contribution in [-0.2, 0) is 23.7 Å². The van der Waals surface area contributed by atoms with Gasteiger partial charge in [-0.2, -0.15) is 5.10 Å². The standard InChI is InChI=1S/C10H19N3O/c1-10(2,3)9-8(5-6-14-11)7-13(4)12-9/h7H,5-6,11H2,1-4H3. The monoisotopic (exact) mass is 197 g/mol. The molecule has 0 amide bonds. The number of nitrogens with two attached hydrogens (primary N) is 1. The van der Waals surface area contributed by atoms with Crippen molar-refractivity contribution in [2.24, 2.45) is 12.9 Å². The van der Waals surface area contributed by atoms with Gasteiger partial charge >= 0.3 is 0 Å². The molecular weight excluding hydrogens is 178 g/mol. The van der Waals surface area contributed by atoms with Gasteiger partial charge in [0.1, 0.15) is 0 Å². The van der Waals surface area contributed by atoms with Crippen molar-refractivity contribution in [2.75, 3.05) is 6.61 Å². The third-order valence-corrected chi connectivity index (χ3v) is 2.10. The minimum absolute atomic E-state index is 0.0746. The average Bonchev–Trinajstić information content (AvgIpc) is 2.42. The molecule has 0 radical (unpaired) electrons. The van der Waals surface area contributed by atoms with Gasteiger partial charge in [0.25, 0.3) is 0 Å². The van der Waals surface area contributed by atoms with Crippen molar-refractivity contribution in [2.45, 2.75) is 32.6 Å². The number of aryl methyl sites for hydroxylation is 1. The van der Waals surface area contributed by atoms with E-state index in [1.807, 2.05) is 17.9 Å². The molecule has 1 aromatic rings. The van der Waals surface area contributed by atoms with Crippen LogP contribution in [0.4, 0.5) is 0 Å². The molecule has 1 rings (SSSR count). The molecule has 0 aromatic carbocycles. The Kier molecular flexibility index (Phi) is 3.29. The number of nitrogens with zero attached hydrogens (tertiary/aromatic N) is 2. The molecule has 2 N–H and O–H groups in total. The van der Waals surface area contributed by atoms with Gasteiger partial charge in [-0.25, -0.2) is 5.90 Å². The van der Waals surface area contributed by atoms with Crippen LogP contribution in [0.3, 0.4) is 0 Å². The smallest absolute Gasteiger partial charge is 0.0720 e. The minimum atomic E-state index is 0.0746. The predicted octanol–water partition coefficient (Wildman–Crippen LogP) is 1.15. The highest BCUT2D eigenvalue weighted by Crippen LogP contribution is 2.24. The number of hydrogen-bond acceptors (Lipinski definition) is 3. The van der Waals surface area contributed by atoms with Crippen molar-refractivity contribution >= 4 is 0 Å². The van der Waals surface area contributed by atoms with Crippen molar-refractivity contribution in [1.29, 1.82) is 0 Å². The topological polar surface area (TPSA) is 53.1 Å². The highest BCUT2D eigenvalue weighted by Gasteiger charge is 2.21. The first kappa shape index (κ1) is 11.2. The third kappa shape index (κ3) is 2.56. The summed E-state index contributed by atoms with van der Waals surface area (Å²) in [7, 11) is 1.93. The molecule has 1 aromatic heterocycles. The van der Waals surface area contributed by atoms with E-state index in [1.54, 1.807) is 0 Å². The van der Waals surface area contributed by atoms with Crippen LogP contribution < -0.4 is 5.90 Å². The number of rotatable bonds is 3. The first-order chi connectivity index (χ1) is 6.45. The fraction of sp³-hybridized carbons (Fsp3) is 0.700. The van der Waals surface area contributed by atoms with Crippen molar-refractivity contribution in [3.8, 4) is 0 Å². The Morgan fingerprint density at radius 2 is 2.14 bits per heavy atom. The fourth-order valence-corrected chi connectivity index (χ4v) is 1.52. The van der Waals surface area contributed by atoms with Crippen molar-refractivity contribution in [3.05, 3.63) is 17.5 Å². The number of aromatic nitrogens is 2. The number of hydrogen-bond donors (Lipinski definition) is 1. The molecule has 0 saturated heterocycles. The second-order valence-corrected chi connectivity index (χ2v) is 4.55. The van der Waals surface area contributed by atoms with Crippen LogP contribution in [-0.4, -0.2) is 16.4 Å². The van der Waals surface area contributed by atoms with Crippen LogP contribution in [0, 0.1) is 0 Å². The molecule has 0 aliphatic rings. The lowest BCUT2D eigenvalue weighted by atomic mass is 9.89. The van der Waals surface area contributed by atoms with Crippen LogP contribution in [0.25, 0.3) is 0 Å². The lowest BCUT2D eigenvalue weighted by Gasteiger charge is -2.17. The highest BCUT2D eigenvalue weighted by atomic mass is 16.6. The molecule has 0 aliphatic carbocycles. The maximum Gasteiger partial charge on any atom is 0.0720 e. The zero-order chi connectivity index (χ0) is 10.8. The van der Waals surface area contributed by atoms with Crippen molar-refractivity contribution < 1.29 is 4.84 Å². The fourth-order valence-electron chi connectivity index (χ4n) is 1.52. The average molecular weight is 197 g/mol. The Bertz CT molecular complexity index is 299. The van der Waals surface area contributed by atoms with E-state index in [2.05, 4.69) is 30.7 Å². The lowest BCUT2D eigenvalue weighted by molar-refractivity contribution is 0.141. The molecule has 0 spiro atoms. The summed E-state index contributed by atoms with van der Waals surface area (Å²) in [5.74, 6) is 5.02. The van der Waals surface area contributed by atoms with E-state index < -0.39 is 0 Å². The Morgan fingerprint density at radius 3 is 2.64 bits per heavy atom. The summed E-state index contributed by atoms with van der Waals surface area (Å²) < 4.78 is 1.84. The molecule has 1 heterocycles. The van der Waals surface area contributed by atoms with Crippen LogP contribution >= 0.6 is 0 Å². The highest BCUT2D eigenvalue weighted by molar-refractivity contribution is 5.24. The molecule has 0 saturated carbocycles. The summed E-state index contributed by atoms with van der Waals surface area (Å²) in [5, 5.41) is 4.46. The van der Waals surface area contributed by atoms with Gasteiger partial charge in [-0.3, -0.25) is 4.68 Å². The molecule has 0 unspecified atom stereocenters. The first-order valence-corrected chi connectivity index (χ1v) is 4.80. The molecular formula is C10H19N3O. The maximum atomic E-state index is 5.02. The molecule has 0 atom stereocenters. The van der Waals surface area contributed by atoms with E-state index >= 15 is 0 Å². The van der Waals surface area contributed by atoms with Gasteiger partial charge in [-0.1, -0.05) is 20.8 Å². The van der Waals surface area contributed by atoms with E-state index in [0.717, 1.165) is 12.1 Å². The van der Waals surface area contributed by atoms with Crippen LogP contribution in [0.5, 0.6) is 0 Å². The summed E-state index contributed by atoms with van der Waals surface area (Å²) >= 11 is 0. The molecule has 4 nitrogen and oxygen atoms in total. The van der Waals surface area contributed by atoms with Gasteiger partial charge in [0, 0.05) is 25.1 Å². The molecule has 14 heavy (non-hydrogen) atoms. The molecule has 4 heteroatoms. The molecule has 0 fully saturated rings. The molecule has 0 aliphatic heterocycles. The molecule has 0 bridgehead atoms. The van der Waals surface area contributed by atoms with Gasteiger partial charge in [-0.15, -0.1) is 0 Å². The van der Waals surface area contributed by atoms with E-state index in [0.29, 0.717) is 6.61 Å². The Labute approximate surface area is 85.0 Å². The Morgan fingerprint density at radius 1 is 1.50 bits per heavy atom. The second-order valence-electron chi connectivity index (χ2n) is 4.55. The zero-order valence-corrected chi connectivity index (χ0v) is 9.37. The Hall–Kier alpha value is -0.870. The quantitative estimate of drug-likeness (QED) is 0.739. The van der Waals surface area contributed by atoms with E-state index in [1.165, 1.54) is 5.56 Å².